The lowest BCUT2D eigenvalue weighted by Crippen LogP contribution is -2.51. The van der Waals surface area contributed by atoms with E-state index in [0.717, 1.165) is 32.8 Å². The molecular weight excluding hydrogens is 266 g/mol. The van der Waals surface area contributed by atoms with E-state index >= 15 is 0 Å². The average Bonchev–Trinajstić information content (AvgIpc) is 3.11. The second kappa shape index (κ2) is 6.63. The zero-order valence-corrected chi connectivity index (χ0v) is 13.4. The molecular formula is C16H29N3O2. The minimum absolute atomic E-state index is 0.0403. The lowest BCUT2D eigenvalue weighted by Gasteiger charge is -2.36. The van der Waals surface area contributed by atoms with Gasteiger partial charge >= 0.3 is 0 Å². The van der Waals surface area contributed by atoms with E-state index in [-0.39, 0.29) is 24.2 Å². The van der Waals surface area contributed by atoms with E-state index in [1.54, 1.807) is 0 Å². The van der Waals surface area contributed by atoms with Crippen LogP contribution in [-0.4, -0.2) is 66.8 Å². The number of likely N-dealkylation sites (N-methyl/N-ethyl adjacent to an activating group) is 1. The largest absolute Gasteiger partial charge is 0.374 e. The molecule has 0 aromatic heterocycles. The fourth-order valence-electron chi connectivity index (χ4n) is 4.07. The highest BCUT2D eigenvalue weighted by molar-refractivity contribution is 5.84. The second-order valence-corrected chi connectivity index (χ2v) is 6.75. The summed E-state index contributed by atoms with van der Waals surface area (Å²) in [7, 11) is 0. The number of carbonyl (C=O) groups excluding carboxylic acids is 1. The molecule has 120 valence electrons. The highest BCUT2D eigenvalue weighted by atomic mass is 16.5. The molecule has 1 N–H and O–H groups in total. The van der Waals surface area contributed by atoms with Crippen molar-refractivity contribution < 1.29 is 9.53 Å². The quantitative estimate of drug-likeness (QED) is 0.842. The van der Waals surface area contributed by atoms with Gasteiger partial charge in [-0.1, -0.05) is 19.8 Å². The Morgan fingerprint density at radius 2 is 2.10 bits per heavy atom. The van der Waals surface area contributed by atoms with Crippen LogP contribution >= 0.6 is 0 Å². The van der Waals surface area contributed by atoms with Crippen molar-refractivity contribution in [3.05, 3.63) is 0 Å². The minimum atomic E-state index is -0.0403. The molecule has 5 heteroatoms. The Hall–Kier alpha value is -0.650. The minimum Gasteiger partial charge on any atom is -0.374 e. The number of nitrogens with zero attached hydrogens (tertiary/aromatic N) is 2. The van der Waals surface area contributed by atoms with Gasteiger partial charge in [0.25, 0.3) is 0 Å². The number of ether oxygens (including phenoxy) is 1. The van der Waals surface area contributed by atoms with Crippen molar-refractivity contribution >= 4 is 5.91 Å². The first kappa shape index (κ1) is 15.3. The number of hydrogen-bond donors (Lipinski definition) is 1. The summed E-state index contributed by atoms with van der Waals surface area (Å²) in [4.78, 5) is 17.0. The fourth-order valence-corrected chi connectivity index (χ4v) is 4.07. The van der Waals surface area contributed by atoms with Crippen molar-refractivity contribution in [2.45, 2.75) is 57.8 Å². The smallest absolute Gasteiger partial charge is 0.240 e. The van der Waals surface area contributed by atoms with Crippen LogP contribution < -0.4 is 5.32 Å². The first-order valence-electron chi connectivity index (χ1n) is 8.59. The van der Waals surface area contributed by atoms with Gasteiger partial charge in [-0.25, -0.2) is 0 Å². The third-order valence-corrected chi connectivity index (χ3v) is 5.33. The van der Waals surface area contributed by atoms with Gasteiger partial charge in [-0.05, 0) is 32.2 Å². The van der Waals surface area contributed by atoms with Crippen molar-refractivity contribution in [1.29, 1.82) is 0 Å². The number of nitrogens with one attached hydrogen (secondary N) is 1. The summed E-state index contributed by atoms with van der Waals surface area (Å²) in [6, 6.07) is -0.0403. The van der Waals surface area contributed by atoms with Crippen LogP contribution in [0.5, 0.6) is 0 Å². The summed E-state index contributed by atoms with van der Waals surface area (Å²) >= 11 is 0. The van der Waals surface area contributed by atoms with E-state index in [1.165, 1.54) is 25.7 Å². The number of carbonyl (C=O) groups is 1. The van der Waals surface area contributed by atoms with Crippen molar-refractivity contribution in [2.24, 2.45) is 5.92 Å². The van der Waals surface area contributed by atoms with Gasteiger partial charge in [-0.3, -0.25) is 15.0 Å². The highest BCUT2D eigenvalue weighted by Gasteiger charge is 2.42. The van der Waals surface area contributed by atoms with Gasteiger partial charge in [0, 0.05) is 19.6 Å². The van der Waals surface area contributed by atoms with Crippen LogP contribution in [0.1, 0.15) is 39.5 Å². The molecule has 0 aromatic rings. The third kappa shape index (κ3) is 3.25. The van der Waals surface area contributed by atoms with Gasteiger partial charge < -0.3 is 9.64 Å². The van der Waals surface area contributed by atoms with Crippen molar-refractivity contribution in [3.63, 3.8) is 0 Å². The molecule has 3 unspecified atom stereocenters. The van der Waals surface area contributed by atoms with Crippen LogP contribution in [0.2, 0.25) is 0 Å². The maximum absolute atomic E-state index is 12.5. The summed E-state index contributed by atoms with van der Waals surface area (Å²) in [5.41, 5.74) is 0. The summed E-state index contributed by atoms with van der Waals surface area (Å²) in [6.45, 7) is 8.74. The summed E-state index contributed by atoms with van der Waals surface area (Å²) < 4.78 is 5.90. The number of amides is 1. The molecule has 2 saturated heterocycles. The van der Waals surface area contributed by atoms with E-state index < -0.39 is 0 Å². The fraction of sp³-hybridized carbons (Fsp3) is 0.938. The Bertz CT molecular complexity index is 371. The molecule has 0 aromatic carbocycles. The molecule has 0 spiro atoms. The van der Waals surface area contributed by atoms with Gasteiger partial charge in [-0.15, -0.1) is 0 Å². The first-order valence-corrected chi connectivity index (χ1v) is 8.59. The Morgan fingerprint density at radius 3 is 2.81 bits per heavy atom. The lowest BCUT2D eigenvalue weighted by atomic mass is 10.0. The maximum atomic E-state index is 12.5. The second-order valence-electron chi connectivity index (χ2n) is 6.75. The molecule has 3 rings (SSSR count). The Morgan fingerprint density at radius 1 is 1.33 bits per heavy atom. The summed E-state index contributed by atoms with van der Waals surface area (Å²) in [5, 5.41) is 3.52. The molecule has 1 amide bonds. The predicted molar refractivity (Wildman–Crippen MR) is 81.9 cm³/mol. The molecule has 3 fully saturated rings. The van der Waals surface area contributed by atoms with Crippen LogP contribution in [0.25, 0.3) is 0 Å². The van der Waals surface area contributed by atoms with Gasteiger partial charge in [0.05, 0.1) is 24.9 Å². The van der Waals surface area contributed by atoms with E-state index in [1.807, 2.05) is 6.92 Å². The van der Waals surface area contributed by atoms with E-state index in [4.69, 9.17) is 4.74 Å². The first-order chi connectivity index (χ1) is 10.2. The third-order valence-electron chi connectivity index (χ3n) is 5.33. The normalized spacial score (nSPS) is 35.8. The molecule has 0 radical (unpaired) electrons. The van der Waals surface area contributed by atoms with E-state index in [2.05, 4.69) is 22.0 Å². The molecule has 0 bridgehead atoms. The average molecular weight is 295 g/mol. The van der Waals surface area contributed by atoms with Crippen molar-refractivity contribution in [3.8, 4) is 0 Å². The number of rotatable bonds is 4. The van der Waals surface area contributed by atoms with Crippen LogP contribution in [0, 0.1) is 5.92 Å². The highest BCUT2D eigenvalue weighted by Crippen LogP contribution is 2.32. The monoisotopic (exact) mass is 295 g/mol. The molecule has 2 heterocycles. The van der Waals surface area contributed by atoms with Gasteiger partial charge in [-0.2, -0.15) is 0 Å². The number of morpholine rings is 1. The Balaban J connectivity index is 1.64. The van der Waals surface area contributed by atoms with Gasteiger partial charge in [0.15, 0.2) is 0 Å². The molecule has 1 saturated carbocycles. The van der Waals surface area contributed by atoms with Gasteiger partial charge in [0.1, 0.15) is 0 Å². The Kier molecular flexibility index (Phi) is 4.82. The zero-order valence-electron chi connectivity index (χ0n) is 13.4. The molecule has 3 aliphatic rings. The molecule has 1 aliphatic carbocycles. The van der Waals surface area contributed by atoms with Crippen LogP contribution in [0.4, 0.5) is 0 Å². The predicted octanol–water partition coefficient (Wildman–Crippen LogP) is 1.04. The number of hydrogen-bond acceptors (Lipinski definition) is 4. The lowest BCUT2D eigenvalue weighted by molar-refractivity contribution is -0.134. The van der Waals surface area contributed by atoms with E-state index in [9.17, 15) is 4.79 Å². The molecule has 21 heavy (non-hydrogen) atoms. The summed E-state index contributed by atoms with van der Waals surface area (Å²) in [5.74, 6) is 0.883. The SMILES string of the molecule is CCN1CCOC(CN2C(=O)C(C)NC2C2CCCC2)C1. The zero-order chi connectivity index (χ0) is 14.8. The standard InChI is InChI=1S/C16H29N3O2/c1-3-18-8-9-21-14(10-18)11-19-15(13-6-4-5-7-13)17-12(2)16(19)20/h12-15,17H,3-11H2,1-2H3. The topological polar surface area (TPSA) is 44.8 Å². The summed E-state index contributed by atoms with van der Waals surface area (Å²) in [6.07, 6.45) is 5.52. The van der Waals surface area contributed by atoms with E-state index in [0.29, 0.717) is 5.92 Å². The van der Waals surface area contributed by atoms with Crippen molar-refractivity contribution in [2.75, 3.05) is 32.8 Å². The van der Waals surface area contributed by atoms with Crippen molar-refractivity contribution in [1.82, 2.24) is 15.1 Å². The van der Waals surface area contributed by atoms with Crippen LogP contribution in [0.15, 0.2) is 0 Å². The van der Waals surface area contributed by atoms with Gasteiger partial charge in [0.2, 0.25) is 5.91 Å². The molecule has 5 nitrogen and oxygen atoms in total. The Labute approximate surface area is 128 Å². The molecule has 2 aliphatic heterocycles. The van der Waals surface area contributed by atoms with Crippen LogP contribution in [0.3, 0.4) is 0 Å². The van der Waals surface area contributed by atoms with Crippen LogP contribution in [-0.2, 0) is 9.53 Å². The maximum Gasteiger partial charge on any atom is 0.240 e. The molecule has 3 atom stereocenters.